The van der Waals surface area contributed by atoms with Crippen molar-refractivity contribution in [2.45, 2.75) is 13.0 Å². The number of ether oxygens (including phenoxy) is 1. The van der Waals surface area contributed by atoms with Crippen LogP contribution in [0.3, 0.4) is 0 Å². The fourth-order valence-electron chi connectivity index (χ4n) is 0.611. The molecular weight excluding hydrogens is 126 g/mol. The monoisotopic (exact) mass is 133 g/mol. The van der Waals surface area contributed by atoms with Crippen LogP contribution < -0.4 is 0 Å². The maximum Gasteiger partial charge on any atom is 0.199 e. The van der Waals surface area contributed by atoms with Gasteiger partial charge < -0.3 is 4.74 Å². The fraction of sp³-hybridized carbons (Fsp3) is 0.800. The van der Waals surface area contributed by atoms with Crippen LogP contribution in [0.5, 0.6) is 0 Å². The highest BCUT2D eigenvalue weighted by Crippen LogP contribution is 2.03. The van der Waals surface area contributed by atoms with Crippen molar-refractivity contribution >= 4 is 17.5 Å². The Morgan fingerprint density at radius 1 is 2.00 bits per heavy atom. The second-order valence-electron chi connectivity index (χ2n) is 1.80. The standard InChI is InChI=1S/C5H8ClNO/c1-4-3-7-5(2-6)8-4/h4H,2-3H2,1H3/t4-/m1/s1. The van der Waals surface area contributed by atoms with E-state index in [1.165, 1.54) is 0 Å². The normalized spacial score (nSPS) is 27.2. The summed E-state index contributed by atoms with van der Waals surface area (Å²) in [6.07, 6.45) is 0.240. The van der Waals surface area contributed by atoms with Gasteiger partial charge in [0.25, 0.3) is 0 Å². The first-order valence-corrected chi connectivity index (χ1v) is 3.12. The van der Waals surface area contributed by atoms with E-state index in [9.17, 15) is 0 Å². The molecule has 0 saturated heterocycles. The van der Waals surface area contributed by atoms with Gasteiger partial charge in [-0.3, -0.25) is 4.99 Å². The lowest BCUT2D eigenvalue weighted by Gasteiger charge is -2.00. The molecule has 1 heterocycles. The summed E-state index contributed by atoms with van der Waals surface area (Å²) < 4.78 is 5.13. The Hall–Kier alpha value is -0.240. The molecule has 8 heavy (non-hydrogen) atoms. The van der Waals surface area contributed by atoms with E-state index in [1.54, 1.807) is 0 Å². The summed E-state index contributed by atoms with van der Waals surface area (Å²) in [6.45, 7) is 2.74. The Kier molecular flexibility index (Phi) is 1.73. The van der Waals surface area contributed by atoms with Crippen LogP contribution in [-0.2, 0) is 4.74 Å². The lowest BCUT2D eigenvalue weighted by atomic mass is 10.4. The van der Waals surface area contributed by atoms with Gasteiger partial charge in [0.05, 0.1) is 12.4 Å². The van der Waals surface area contributed by atoms with Gasteiger partial charge in [-0.2, -0.15) is 0 Å². The van der Waals surface area contributed by atoms with Crippen LogP contribution in [0.4, 0.5) is 0 Å². The van der Waals surface area contributed by atoms with Gasteiger partial charge in [-0.1, -0.05) is 0 Å². The third-order valence-electron chi connectivity index (χ3n) is 0.976. The molecule has 0 spiro atoms. The molecular formula is C5H8ClNO. The van der Waals surface area contributed by atoms with E-state index in [0.29, 0.717) is 11.8 Å². The van der Waals surface area contributed by atoms with Crippen molar-refractivity contribution in [2.75, 3.05) is 12.4 Å². The summed E-state index contributed by atoms with van der Waals surface area (Å²) in [4.78, 5) is 4.00. The van der Waals surface area contributed by atoms with Crippen LogP contribution in [0.1, 0.15) is 6.92 Å². The van der Waals surface area contributed by atoms with Gasteiger partial charge in [0.1, 0.15) is 6.10 Å². The van der Waals surface area contributed by atoms with Crippen LogP contribution in [0, 0.1) is 0 Å². The van der Waals surface area contributed by atoms with Crippen molar-refractivity contribution in [3.63, 3.8) is 0 Å². The summed E-state index contributed by atoms with van der Waals surface area (Å²) >= 11 is 5.42. The molecule has 0 N–H and O–H groups in total. The fourth-order valence-corrected chi connectivity index (χ4v) is 0.758. The number of hydrogen-bond acceptors (Lipinski definition) is 2. The molecule has 3 heteroatoms. The Labute approximate surface area is 53.5 Å². The van der Waals surface area contributed by atoms with E-state index in [-0.39, 0.29) is 6.10 Å². The van der Waals surface area contributed by atoms with E-state index in [0.717, 1.165) is 6.54 Å². The predicted molar refractivity (Wildman–Crippen MR) is 33.6 cm³/mol. The molecule has 0 saturated carbocycles. The average Bonchev–Trinajstić information content (AvgIpc) is 2.14. The molecule has 0 unspecified atom stereocenters. The second-order valence-corrected chi connectivity index (χ2v) is 2.06. The molecule has 46 valence electrons. The van der Waals surface area contributed by atoms with Gasteiger partial charge in [0.2, 0.25) is 0 Å². The van der Waals surface area contributed by atoms with Crippen molar-refractivity contribution < 1.29 is 4.74 Å². The Balaban J connectivity index is 2.37. The summed E-state index contributed by atoms with van der Waals surface area (Å²) in [5.41, 5.74) is 0. The van der Waals surface area contributed by atoms with E-state index >= 15 is 0 Å². The molecule has 1 aliphatic heterocycles. The molecule has 0 aliphatic carbocycles. The zero-order chi connectivity index (χ0) is 5.98. The lowest BCUT2D eigenvalue weighted by molar-refractivity contribution is 0.244. The molecule has 0 aromatic carbocycles. The first kappa shape index (κ1) is 5.89. The molecule has 2 nitrogen and oxygen atoms in total. The van der Waals surface area contributed by atoms with Crippen LogP contribution in [0.2, 0.25) is 0 Å². The Bertz CT molecular complexity index is 113. The smallest absolute Gasteiger partial charge is 0.199 e. The predicted octanol–water partition coefficient (Wildman–Crippen LogP) is 1.04. The molecule has 1 aliphatic rings. The minimum absolute atomic E-state index is 0.240. The molecule has 1 atom stereocenters. The molecule has 0 amide bonds. The Morgan fingerprint density at radius 3 is 3.00 bits per heavy atom. The van der Waals surface area contributed by atoms with E-state index in [4.69, 9.17) is 16.3 Å². The van der Waals surface area contributed by atoms with Crippen molar-refractivity contribution in [1.29, 1.82) is 0 Å². The average molecular weight is 134 g/mol. The first-order valence-electron chi connectivity index (χ1n) is 2.59. The maximum atomic E-state index is 5.42. The quantitative estimate of drug-likeness (QED) is 0.490. The number of rotatable bonds is 1. The van der Waals surface area contributed by atoms with Crippen LogP contribution in [0.15, 0.2) is 4.99 Å². The number of nitrogens with zero attached hydrogens (tertiary/aromatic N) is 1. The topological polar surface area (TPSA) is 21.6 Å². The molecule has 0 aromatic rings. The van der Waals surface area contributed by atoms with Crippen LogP contribution in [-0.4, -0.2) is 24.4 Å². The highest BCUT2D eigenvalue weighted by Gasteiger charge is 2.12. The first-order chi connectivity index (χ1) is 3.83. The van der Waals surface area contributed by atoms with E-state index in [2.05, 4.69) is 4.99 Å². The molecule has 0 bridgehead atoms. The van der Waals surface area contributed by atoms with Gasteiger partial charge in [-0.15, -0.1) is 11.6 Å². The van der Waals surface area contributed by atoms with E-state index < -0.39 is 0 Å². The highest BCUT2D eigenvalue weighted by molar-refractivity contribution is 6.27. The largest absolute Gasteiger partial charge is 0.475 e. The van der Waals surface area contributed by atoms with E-state index in [1.807, 2.05) is 6.92 Å². The van der Waals surface area contributed by atoms with Crippen LogP contribution in [0.25, 0.3) is 0 Å². The second kappa shape index (κ2) is 2.35. The van der Waals surface area contributed by atoms with Gasteiger partial charge in [-0.05, 0) is 6.92 Å². The van der Waals surface area contributed by atoms with Gasteiger partial charge in [-0.25, -0.2) is 0 Å². The zero-order valence-electron chi connectivity index (χ0n) is 4.72. The summed E-state index contributed by atoms with van der Waals surface area (Å²) in [5, 5.41) is 0. The summed E-state index contributed by atoms with van der Waals surface area (Å²) in [6, 6.07) is 0. The summed E-state index contributed by atoms with van der Waals surface area (Å²) in [7, 11) is 0. The van der Waals surface area contributed by atoms with Crippen LogP contribution >= 0.6 is 11.6 Å². The Morgan fingerprint density at radius 2 is 2.75 bits per heavy atom. The third kappa shape index (κ3) is 1.13. The zero-order valence-corrected chi connectivity index (χ0v) is 5.48. The summed E-state index contributed by atoms with van der Waals surface area (Å²) in [5.74, 6) is 1.09. The van der Waals surface area contributed by atoms with Gasteiger partial charge in [0.15, 0.2) is 5.90 Å². The number of alkyl halides is 1. The molecule has 1 rings (SSSR count). The molecule has 0 fully saturated rings. The van der Waals surface area contributed by atoms with Crippen molar-refractivity contribution in [2.24, 2.45) is 4.99 Å². The highest BCUT2D eigenvalue weighted by atomic mass is 35.5. The van der Waals surface area contributed by atoms with Crippen molar-refractivity contribution in [1.82, 2.24) is 0 Å². The third-order valence-corrected chi connectivity index (χ3v) is 1.20. The minimum atomic E-state index is 0.240. The van der Waals surface area contributed by atoms with Crippen molar-refractivity contribution in [3.05, 3.63) is 0 Å². The van der Waals surface area contributed by atoms with Gasteiger partial charge in [0, 0.05) is 0 Å². The number of halogens is 1. The van der Waals surface area contributed by atoms with Gasteiger partial charge >= 0.3 is 0 Å². The lowest BCUT2D eigenvalue weighted by Crippen LogP contribution is -2.08. The number of hydrogen-bond donors (Lipinski definition) is 0. The molecule has 0 radical (unpaired) electrons. The SMILES string of the molecule is C[C@@H]1CN=C(CCl)O1. The number of aliphatic imine (C=N–C) groups is 1. The van der Waals surface area contributed by atoms with Crippen molar-refractivity contribution in [3.8, 4) is 0 Å². The molecule has 0 aromatic heterocycles. The maximum absolute atomic E-state index is 5.42. The minimum Gasteiger partial charge on any atom is -0.475 e.